The Bertz CT molecular complexity index is 538. The minimum Gasteiger partial charge on any atom is -0.383 e. The molecule has 102 valence electrons. The molecule has 0 saturated carbocycles. The summed E-state index contributed by atoms with van der Waals surface area (Å²) < 4.78 is 4.91. The Morgan fingerprint density at radius 1 is 1.37 bits per heavy atom. The first-order chi connectivity index (χ1) is 9.31. The van der Waals surface area contributed by atoms with E-state index < -0.39 is 0 Å². The second kappa shape index (κ2) is 6.86. The Balaban J connectivity index is 1.79. The fourth-order valence-electron chi connectivity index (χ4n) is 1.74. The molecule has 0 atom stereocenters. The molecule has 0 fully saturated rings. The summed E-state index contributed by atoms with van der Waals surface area (Å²) in [6, 6.07) is 5.48. The van der Waals surface area contributed by atoms with Crippen LogP contribution in [0, 0.1) is 0 Å². The molecule has 1 heterocycles. The minimum atomic E-state index is -0.0787. The van der Waals surface area contributed by atoms with Crippen LogP contribution < -0.4 is 10.6 Å². The fraction of sp³-hybridized carbons (Fsp3) is 0.385. The highest BCUT2D eigenvalue weighted by molar-refractivity contribution is 5.97. The van der Waals surface area contributed by atoms with E-state index in [0.29, 0.717) is 18.7 Å². The van der Waals surface area contributed by atoms with Crippen molar-refractivity contribution in [3.63, 3.8) is 0 Å². The van der Waals surface area contributed by atoms with Crippen LogP contribution in [0.1, 0.15) is 10.4 Å². The molecule has 19 heavy (non-hydrogen) atoms. The van der Waals surface area contributed by atoms with Crippen molar-refractivity contribution < 1.29 is 9.53 Å². The molecular formula is C13H18N4O2. The number of H-pyrrole nitrogens is 1. The van der Waals surface area contributed by atoms with Crippen molar-refractivity contribution in [1.29, 1.82) is 0 Å². The molecule has 0 unspecified atom stereocenters. The van der Waals surface area contributed by atoms with Crippen molar-refractivity contribution in [1.82, 2.24) is 20.8 Å². The molecule has 0 aliphatic carbocycles. The molecule has 1 amide bonds. The van der Waals surface area contributed by atoms with Gasteiger partial charge in [0.05, 0.1) is 18.3 Å². The summed E-state index contributed by atoms with van der Waals surface area (Å²) in [7, 11) is 1.66. The number of carbonyl (C=O) groups excluding carboxylic acids is 1. The number of benzene rings is 1. The first-order valence-corrected chi connectivity index (χ1v) is 6.22. The smallest absolute Gasteiger partial charge is 0.251 e. The molecule has 0 aliphatic heterocycles. The molecule has 1 aromatic heterocycles. The molecule has 2 rings (SSSR count). The number of rotatable bonds is 7. The van der Waals surface area contributed by atoms with Gasteiger partial charge in [-0.05, 0) is 12.1 Å². The van der Waals surface area contributed by atoms with Crippen LogP contribution >= 0.6 is 0 Å². The zero-order valence-electron chi connectivity index (χ0n) is 10.9. The van der Waals surface area contributed by atoms with E-state index in [0.717, 1.165) is 24.0 Å². The number of nitrogens with one attached hydrogen (secondary N) is 3. The van der Waals surface area contributed by atoms with Crippen LogP contribution in [0.4, 0.5) is 0 Å². The van der Waals surface area contributed by atoms with Crippen LogP contribution in [0.3, 0.4) is 0 Å². The Morgan fingerprint density at radius 3 is 3.11 bits per heavy atom. The van der Waals surface area contributed by atoms with Gasteiger partial charge in [0, 0.05) is 37.7 Å². The quantitative estimate of drug-likeness (QED) is 0.636. The van der Waals surface area contributed by atoms with Crippen molar-refractivity contribution in [3.05, 3.63) is 30.0 Å². The number of hydrogen-bond acceptors (Lipinski definition) is 4. The highest BCUT2D eigenvalue weighted by atomic mass is 16.5. The van der Waals surface area contributed by atoms with Crippen molar-refractivity contribution in [2.75, 3.05) is 33.4 Å². The van der Waals surface area contributed by atoms with Gasteiger partial charge in [-0.25, -0.2) is 0 Å². The lowest BCUT2D eigenvalue weighted by atomic mass is 10.1. The zero-order chi connectivity index (χ0) is 13.5. The van der Waals surface area contributed by atoms with Crippen LogP contribution in [0.25, 0.3) is 10.9 Å². The summed E-state index contributed by atoms with van der Waals surface area (Å²) in [5.74, 6) is -0.0787. The third kappa shape index (κ3) is 3.77. The van der Waals surface area contributed by atoms with E-state index in [-0.39, 0.29) is 5.91 Å². The summed E-state index contributed by atoms with van der Waals surface area (Å²) in [5.41, 5.74) is 1.50. The Hall–Kier alpha value is -1.92. The topological polar surface area (TPSA) is 79.0 Å². The maximum Gasteiger partial charge on any atom is 0.251 e. The van der Waals surface area contributed by atoms with Gasteiger partial charge in [-0.2, -0.15) is 5.10 Å². The van der Waals surface area contributed by atoms with Crippen LogP contribution in [0.2, 0.25) is 0 Å². The molecule has 0 bridgehead atoms. The lowest BCUT2D eigenvalue weighted by molar-refractivity contribution is 0.0954. The molecule has 6 nitrogen and oxygen atoms in total. The molecule has 3 N–H and O–H groups in total. The van der Waals surface area contributed by atoms with E-state index >= 15 is 0 Å². The van der Waals surface area contributed by atoms with Gasteiger partial charge < -0.3 is 15.4 Å². The van der Waals surface area contributed by atoms with E-state index in [9.17, 15) is 4.79 Å². The SMILES string of the molecule is COCCNCCNC(=O)c1ccc2cn[nH]c2c1. The lowest BCUT2D eigenvalue weighted by Gasteiger charge is -2.06. The molecule has 0 spiro atoms. The van der Waals surface area contributed by atoms with Crippen LogP contribution in [0.15, 0.2) is 24.4 Å². The number of ether oxygens (including phenoxy) is 1. The Labute approximate surface area is 111 Å². The predicted octanol–water partition coefficient (Wildman–Crippen LogP) is 0.529. The number of nitrogens with zero attached hydrogens (tertiary/aromatic N) is 1. The average molecular weight is 262 g/mol. The maximum atomic E-state index is 11.9. The van der Waals surface area contributed by atoms with Gasteiger partial charge in [-0.3, -0.25) is 9.89 Å². The summed E-state index contributed by atoms with van der Waals surface area (Å²) >= 11 is 0. The Morgan fingerprint density at radius 2 is 2.26 bits per heavy atom. The number of amides is 1. The van der Waals surface area contributed by atoms with Crippen LogP contribution in [0.5, 0.6) is 0 Å². The summed E-state index contributed by atoms with van der Waals surface area (Å²) in [6.45, 7) is 2.77. The highest BCUT2D eigenvalue weighted by Gasteiger charge is 2.06. The average Bonchev–Trinajstić information content (AvgIpc) is 2.89. The number of aromatic nitrogens is 2. The van der Waals surface area contributed by atoms with Crippen LogP contribution in [-0.4, -0.2) is 49.5 Å². The van der Waals surface area contributed by atoms with Gasteiger partial charge in [0.25, 0.3) is 5.91 Å². The molecule has 6 heteroatoms. The molecule has 0 aliphatic rings. The third-order valence-electron chi connectivity index (χ3n) is 2.77. The first kappa shape index (κ1) is 13.5. The predicted molar refractivity (Wildman–Crippen MR) is 73.2 cm³/mol. The fourth-order valence-corrected chi connectivity index (χ4v) is 1.74. The van der Waals surface area contributed by atoms with Crippen molar-refractivity contribution >= 4 is 16.8 Å². The summed E-state index contributed by atoms with van der Waals surface area (Å²) in [4.78, 5) is 11.9. The largest absolute Gasteiger partial charge is 0.383 e. The molecule has 0 radical (unpaired) electrons. The third-order valence-corrected chi connectivity index (χ3v) is 2.77. The molecule has 1 aromatic carbocycles. The maximum absolute atomic E-state index is 11.9. The lowest BCUT2D eigenvalue weighted by Crippen LogP contribution is -2.33. The van der Waals surface area contributed by atoms with E-state index in [1.54, 1.807) is 25.4 Å². The number of carbonyl (C=O) groups is 1. The van der Waals surface area contributed by atoms with E-state index in [2.05, 4.69) is 20.8 Å². The monoisotopic (exact) mass is 262 g/mol. The van der Waals surface area contributed by atoms with E-state index in [1.807, 2.05) is 6.07 Å². The minimum absolute atomic E-state index is 0.0787. The normalized spacial score (nSPS) is 10.8. The first-order valence-electron chi connectivity index (χ1n) is 6.22. The van der Waals surface area contributed by atoms with Gasteiger partial charge in [-0.15, -0.1) is 0 Å². The van der Waals surface area contributed by atoms with Gasteiger partial charge in [0.2, 0.25) is 0 Å². The summed E-state index contributed by atoms with van der Waals surface area (Å²) in [5, 5.41) is 13.8. The van der Waals surface area contributed by atoms with E-state index in [1.165, 1.54) is 0 Å². The molecular weight excluding hydrogens is 244 g/mol. The Kier molecular flexibility index (Phi) is 4.88. The van der Waals surface area contributed by atoms with Crippen LogP contribution in [-0.2, 0) is 4.74 Å². The number of methoxy groups -OCH3 is 1. The molecule has 2 aromatic rings. The second-order valence-corrected chi connectivity index (χ2v) is 4.17. The molecule has 0 saturated heterocycles. The zero-order valence-corrected chi connectivity index (χ0v) is 10.9. The van der Waals surface area contributed by atoms with Gasteiger partial charge in [0.1, 0.15) is 0 Å². The standard InChI is InChI=1S/C13H18N4O2/c1-19-7-6-14-4-5-15-13(18)10-2-3-11-9-16-17-12(11)8-10/h2-3,8-9,14H,4-7H2,1H3,(H,15,18)(H,16,17). The van der Waals surface area contributed by atoms with Gasteiger partial charge >= 0.3 is 0 Å². The van der Waals surface area contributed by atoms with Gasteiger partial charge in [-0.1, -0.05) is 6.07 Å². The second-order valence-electron chi connectivity index (χ2n) is 4.17. The van der Waals surface area contributed by atoms with Crippen molar-refractivity contribution in [2.24, 2.45) is 0 Å². The van der Waals surface area contributed by atoms with Gasteiger partial charge in [0.15, 0.2) is 0 Å². The number of aromatic amines is 1. The van der Waals surface area contributed by atoms with E-state index in [4.69, 9.17) is 4.74 Å². The van der Waals surface area contributed by atoms with Crippen molar-refractivity contribution in [3.8, 4) is 0 Å². The highest BCUT2D eigenvalue weighted by Crippen LogP contribution is 2.12. The number of fused-ring (bicyclic) bond motifs is 1. The summed E-state index contributed by atoms with van der Waals surface area (Å²) in [6.07, 6.45) is 1.73. The number of hydrogen-bond donors (Lipinski definition) is 3. The van der Waals surface area contributed by atoms with Crippen molar-refractivity contribution in [2.45, 2.75) is 0 Å².